The highest BCUT2D eigenvalue weighted by Crippen LogP contribution is 2.23. The molecule has 0 aliphatic heterocycles. The first-order valence-corrected chi connectivity index (χ1v) is 6.82. The van der Waals surface area contributed by atoms with Crippen LogP contribution in [0.1, 0.15) is 0 Å². The zero-order chi connectivity index (χ0) is 13.3. The van der Waals surface area contributed by atoms with Crippen molar-refractivity contribution < 1.29 is 4.74 Å². The molecule has 0 fully saturated rings. The number of nitrogens with one attached hydrogen (secondary N) is 1. The van der Waals surface area contributed by atoms with Gasteiger partial charge in [0.15, 0.2) is 0 Å². The predicted octanol–water partition coefficient (Wildman–Crippen LogP) is 4.22. The lowest BCUT2D eigenvalue weighted by Crippen LogP contribution is -1.92. The van der Waals surface area contributed by atoms with Crippen molar-refractivity contribution in [3.63, 3.8) is 0 Å². The molecular weight excluding hydrogens is 258 g/mol. The predicted molar refractivity (Wildman–Crippen MR) is 78.6 cm³/mol. The molecule has 19 heavy (non-hydrogen) atoms. The molecule has 2 aromatic rings. The van der Waals surface area contributed by atoms with Crippen molar-refractivity contribution in [2.24, 2.45) is 10.3 Å². The molecule has 0 spiro atoms. The fraction of sp³-hybridized carbons (Fsp3) is 0.143. The first-order valence-electron chi connectivity index (χ1n) is 5.83. The van der Waals surface area contributed by atoms with Crippen molar-refractivity contribution in [1.82, 2.24) is 0 Å². The highest BCUT2D eigenvalue weighted by molar-refractivity contribution is 7.99. The molecule has 98 valence electrons. The number of methoxy groups -OCH3 is 1. The second kappa shape index (κ2) is 7.43. The Labute approximate surface area is 116 Å². The first kappa shape index (κ1) is 13.4. The zero-order valence-electron chi connectivity index (χ0n) is 10.6. The summed E-state index contributed by atoms with van der Waals surface area (Å²) in [5.74, 6) is 1.32. The summed E-state index contributed by atoms with van der Waals surface area (Å²) in [5.41, 5.74) is 3.67. The van der Waals surface area contributed by atoms with Gasteiger partial charge in [0.1, 0.15) is 11.6 Å². The third kappa shape index (κ3) is 4.30. The largest absolute Gasteiger partial charge is 0.495 e. The Morgan fingerprint density at radius 1 is 1.05 bits per heavy atom. The molecule has 0 amide bonds. The minimum Gasteiger partial charge on any atom is -0.495 e. The van der Waals surface area contributed by atoms with E-state index in [1.54, 1.807) is 18.9 Å². The van der Waals surface area contributed by atoms with Crippen molar-refractivity contribution in [3.05, 3.63) is 54.6 Å². The summed E-state index contributed by atoms with van der Waals surface area (Å²) in [4.78, 5) is 1.18. The molecule has 0 aliphatic carbocycles. The quantitative estimate of drug-likeness (QED) is 0.487. The van der Waals surface area contributed by atoms with Gasteiger partial charge in [-0.1, -0.05) is 35.6 Å². The molecule has 2 rings (SSSR count). The summed E-state index contributed by atoms with van der Waals surface area (Å²) < 4.78 is 5.20. The van der Waals surface area contributed by atoms with Crippen LogP contribution in [0.3, 0.4) is 0 Å². The SMILES string of the molecule is COc1ccccc1N/N=N/CSc1ccccc1. The normalized spacial score (nSPS) is 10.6. The number of para-hydroxylation sites is 2. The van der Waals surface area contributed by atoms with E-state index in [0.717, 1.165) is 11.4 Å². The maximum atomic E-state index is 5.20. The van der Waals surface area contributed by atoms with Gasteiger partial charge >= 0.3 is 0 Å². The van der Waals surface area contributed by atoms with Gasteiger partial charge in [-0.05, 0) is 24.3 Å². The van der Waals surface area contributed by atoms with Crippen LogP contribution in [-0.4, -0.2) is 13.0 Å². The number of thioether (sulfide) groups is 1. The number of ether oxygens (including phenoxy) is 1. The Hall–Kier alpha value is -2.01. The minimum atomic E-state index is 0.576. The topological polar surface area (TPSA) is 46.0 Å². The first-order chi connectivity index (χ1) is 9.40. The molecule has 0 radical (unpaired) electrons. The third-order valence-corrected chi connectivity index (χ3v) is 3.23. The van der Waals surface area contributed by atoms with E-state index in [0.29, 0.717) is 5.88 Å². The van der Waals surface area contributed by atoms with Gasteiger partial charge in [0, 0.05) is 4.90 Å². The van der Waals surface area contributed by atoms with Crippen LogP contribution in [0.5, 0.6) is 5.75 Å². The van der Waals surface area contributed by atoms with E-state index in [9.17, 15) is 0 Å². The lowest BCUT2D eigenvalue weighted by Gasteiger charge is -2.05. The van der Waals surface area contributed by atoms with E-state index in [4.69, 9.17) is 4.74 Å². The summed E-state index contributed by atoms with van der Waals surface area (Å²) in [6.07, 6.45) is 0. The summed E-state index contributed by atoms with van der Waals surface area (Å²) >= 11 is 1.63. The summed E-state index contributed by atoms with van der Waals surface area (Å²) in [5, 5.41) is 8.00. The van der Waals surface area contributed by atoms with Crippen LogP contribution in [0.4, 0.5) is 5.69 Å². The monoisotopic (exact) mass is 273 g/mol. The molecule has 0 unspecified atom stereocenters. The van der Waals surface area contributed by atoms with Crippen LogP contribution in [0.2, 0.25) is 0 Å². The molecule has 4 nitrogen and oxygen atoms in total. The standard InChI is InChI=1S/C14H15N3OS/c1-18-14-10-6-5-9-13(14)16-17-15-11-19-12-7-3-2-4-8-12/h2-10H,11H2,1H3,(H,15,16). The Balaban J connectivity index is 1.80. The second-order valence-electron chi connectivity index (χ2n) is 3.64. The van der Waals surface area contributed by atoms with Gasteiger partial charge < -0.3 is 4.74 Å². The molecule has 5 heteroatoms. The molecule has 1 N–H and O–H groups in total. The maximum Gasteiger partial charge on any atom is 0.143 e. The van der Waals surface area contributed by atoms with E-state index in [1.165, 1.54) is 4.90 Å². The number of rotatable bonds is 6. The summed E-state index contributed by atoms with van der Waals surface area (Å²) in [6, 6.07) is 17.7. The number of hydrogen-bond donors (Lipinski definition) is 1. The van der Waals surface area contributed by atoms with Gasteiger partial charge in [0.2, 0.25) is 0 Å². The van der Waals surface area contributed by atoms with Crippen LogP contribution >= 0.6 is 11.8 Å². The average Bonchev–Trinajstić information content (AvgIpc) is 2.48. The summed E-state index contributed by atoms with van der Waals surface area (Å²) in [6.45, 7) is 0. The molecule has 2 aromatic carbocycles. The number of hydrogen-bond acceptors (Lipinski definition) is 4. The van der Waals surface area contributed by atoms with Crippen LogP contribution < -0.4 is 10.2 Å². The van der Waals surface area contributed by atoms with E-state index in [-0.39, 0.29) is 0 Å². The van der Waals surface area contributed by atoms with Crippen LogP contribution in [-0.2, 0) is 0 Å². The lowest BCUT2D eigenvalue weighted by molar-refractivity contribution is 0.416. The van der Waals surface area contributed by atoms with Crippen molar-refractivity contribution in [2.45, 2.75) is 4.90 Å². The van der Waals surface area contributed by atoms with Gasteiger partial charge in [-0.25, -0.2) is 0 Å². The highest BCUT2D eigenvalue weighted by atomic mass is 32.2. The van der Waals surface area contributed by atoms with Crippen molar-refractivity contribution >= 4 is 17.4 Å². The minimum absolute atomic E-state index is 0.576. The Bertz CT molecular complexity index is 531. The van der Waals surface area contributed by atoms with E-state index in [2.05, 4.69) is 15.8 Å². The van der Waals surface area contributed by atoms with Crippen molar-refractivity contribution in [1.29, 1.82) is 0 Å². The molecule has 0 saturated heterocycles. The zero-order valence-corrected chi connectivity index (χ0v) is 11.4. The van der Waals surface area contributed by atoms with Gasteiger partial charge in [0.25, 0.3) is 0 Å². The number of anilines is 1. The fourth-order valence-electron chi connectivity index (χ4n) is 1.48. The fourth-order valence-corrected chi connectivity index (χ4v) is 2.09. The average molecular weight is 273 g/mol. The van der Waals surface area contributed by atoms with Crippen molar-refractivity contribution in [2.75, 3.05) is 18.4 Å². The summed E-state index contributed by atoms with van der Waals surface area (Å²) in [7, 11) is 1.63. The Morgan fingerprint density at radius 3 is 2.58 bits per heavy atom. The van der Waals surface area contributed by atoms with Gasteiger partial charge in [0.05, 0.1) is 12.8 Å². The number of nitrogens with zero attached hydrogens (tertiary/aromatic N) is 2. The van der Waals surface area contributed by atoms with Crippen LogP contribution in [0.25, 0.3) is 0 Å². The number of benzene rings is 2. The molecule has 0 aromatic heterocycles. The molecular formula is C14H15N3OS. The van der Waals surface area contributed by atoms with Crippen LogP contribution in [0.15, 0.2) is 69.8 Å². The Morgan fingerprint density at radius 2 is 1.79 bits per heavy atom. The molecule has 0 aliphatic rings. The molecule has 0 bridgehead atoms. The molecule has 0 saturated carbocycles. The third-order valence-electron chi connectivity index (χ3n) is 2.38. The molecule has 0 atom stereocenters. The highest BCUT2D eigenvalue weighted by Gasteiger charge is 1.98. The van der Waals surface area contributed by atoms with Crippen molar-refractivity contribution in [3.8, 4) is 5.75 Å². The van der Waals surface area contributed by atoms with E-state index in [1.807, 2.05) is 54.6 Å². The lowest BCUT2D eigenvalue weighted by atomic mass is 10.3. The van der Waals surface area contributed by atoms with Gasteiger partial charge in [-0.15, -0.1) is 11.8 Å². The smallest absolute Gasteiger partial charge is 0.143 e. The second-order valence-corrected chi connectivity index (χ2v) is 4.66. The molecule has 0 heterocycles. The maximum absolute atomic E-state index is 5.20. The Kier molecular flexibility index (Phi) is 5.25. The van der Waals surface area contributed by atoms with Gasteiger partial charge in [-0.2, -0.15) is 5.11 Å². The van der Waals surface area contributed by atoms with Crippen LogP contribution in [0, 0.1) is 0 Å². The van der Waals surface area contributed by atoms with Gasteiger partial charge in [-0.3, -0.25) is 5.43 Å². The van der Waals surface area contributed by atoms with E-state index >= 15 is 0 Å². The van der Waals surface area contributed by atoms with E-state index < -0.39 is 0 Å².